The maximum Gasteiger partial charge on any atom is 0.0201 e. The van der Waals surface area contributed by atoms with Crippen LogP contribution in [0, 0.1) is 0 Å². The van der Waals surface area contributed by atoms with Gasteiger partial charge in [-0.1, -0.05) is 48.2 Å². The molecule has 0 aliphatic carbocycles. The predicted molar refractivity (Wildman–Crippen MR) is 85.1 cm³/mol. The third-order valence-corrected chi connectivity index (χ3v) is 5.29. The number of likely N-dealkylation sites (N-methyl/N-ethyl adjacent to an activating group) is 1. The van der Waals surface area contributed by atoms with E-state index in [0.29, 0.717) is 0 Å². The Morgan fingerprint density at radius 1 is 0.900 bits per heavy atom. The molecule has 0 unspecified atom stereocenters. The van der Waals surface area contributed by atoms with Gasteiger partial charge in [0.15, 0.2) is 0 Å². The minimum atomic E-state index is 1.10. The third kappa shape index (κ3) is 1.91. The summed E-state index contributed by atoms with van der Waals surface area (Å²) in [5.41, 5.74) is 5.91. The Hall–Kier alpha value is -1.51. The van der Waals surface area contributed by atoms with Gasteiger partial charge in [-0.3, -0.25) is 0 Å². The van der Waals surface area contributed by atoms with Crippen LogP contribution in [0.1, 0.15) is 17.5 Å². The summed E-state index contributed by atoms with van der Waals surface area (Å²) in [4.78, 5) is 5.20. The molecule has 0 N–H and O–H groups in total. The highest BCUT2D eigenvalue weighted by Gasteiger charge is 2.25. The van der Waals surface area contributed by atoms with Gasteiger partial charge in [-0.2, -0.15) is 0 Å². The van der Waals surface area contributed by atoms with Crippen molar-refractivity contribution in [1.82, 2.24) is 4.90 Å². The molecule has 4 rings (SSSR count). The summed E-state index contributed by atoms with van der Waals surface area (Å²) in [7, 11) is 2.21. The molecule has 0 spiro atoms. The Labute approximate surface area is 124 Å². The first-order valence-corrected chi connectivity index (χ1v) is 7.92. The van der Waals surface area contributed by atoms with Crippen LogP contribution in [0.15, 0.2) is 63.9 Å². The first-order chi connectivity index (χ1) is 9.83. The fourth-order valence-electron chi connectivity index (χ4n) is 3.18. The molecule has 0 bridgehead atoms. The second-order valence-electron chi connectivity index (χ2n) is 5.56. The van der Waals surface area contributed by atoms with Crippen LogP contribution in [-0.2, 0) is 0 Å². The van der Waals surface area contributed by atoms with E-state index in [0.717, 1.165) is 6.54 Å². The number of fused-ring (bicyclic) bond motifs is 2. The van der Waals surface area contributed by atoms with E-state index in [-0.39, 0.29) is 0 Å². The Morgan fingerprint density at radius 3 is 2.05 bits per heavy atom. The van der Waals surface area contributed by atoms with Crippen LogP contribution in [0.4, 0.5) is 0 Å². The molecule has 0 aromatic heterocycles. The van der Waals surface area contributed by atoms with Gasteiger partial charge < -0.3 is 4.90 Å². The van der Waals surface area contributed by atoms with Gasteiger partial charge in [-0.15, -0.1) is 0 Å². The molecule has 0 radical (unpaired) electrons. The first kappa shape index (κ1) is 12.2. The lowest BCUT2D eigenvalue weighted by atomic mass is 9.92. The summed E-state index contributed by atoms with van der Waals surface area (Å²) in [5.74, 6) is 0. The minimum Gasteiger partial charge on any atom is -0.302 e. The van der Waals surface area contributed by atoms with Crippen molar-refractivity contribution in [2.75, 3.05) is 20.1 Å². The van der Waals surface area contributed by atoms with Gasteiger partial charge in [-0.05, 0) is 47.9 Å². The minimum absolute atomic E-state index is 1.10. The fourth-order valence-corrected chi connectivity index (χ4v) is 4.27. The molecule has 0 saturated carbocycles. The predicted octanol–water partition coefficient (Wildman–Crippen LogP) is 4.29. The summed E-state index contributed by atoms with van der Waals surface area (Å²) in [6, 6.07) is 17.6. The number of nitrogens with zero attached hydrogens (tertiary/aromatic N) is 1. The molecule has 2 aromatic carbocycles. The lowest BCUT2D eigenvalue weighted by Gasteiger charge is -2.24. The maximum absolute atomic E-state index is 2.41. The number of hydrogen-bond donors (Lipinski definition) is 0. The summed E-state index contributed by atoms with van der Waals surface area (Å²) in [6.07, 6.45) is 1.19. The van der Waals surface area contributed by atoms with Crippen LogP contribution in [0.2, 0.25) is 0 Å². The lowest BCUT2D eigenvalue weighted by Crippen LogP contribution is -2.12. The maximum atomic E-state index is 2.41. The van der Waals surface area contributed by atoms with Crippen LogP contribution in [0.5, 0.6) is 0 Å². The summed E-state index contributed by atoms with van der Waals surface area (Å²) >= 11 is 1.90. The van der Waals surface area contributed by atoms with E-state index in [9.17, 15) is 0 Å². The standard InChI is InChI=1S/C18H17NS/c1-19-11-10-13(12-19)18-14-6-2-4-8-16(14)20-17-9-5-3-7-15(17)18/h2-9H,10-12H2,1H3. The topological polar surface area (TPSA) is 3.24 Å². The third-order valence-electron chi connectivity index (χ3n) is 4.14. The number of benzene rings is 2. The van der Waals surface area contributed by atoms with Crippen molar-refractivity contribution in [3.8, 4) is 0 Å². The molecular weight excluding hydrogens is 262 g/mol. The zero-order chi connectivity index (χ0) is 13.5. The van der Waals surface area contributed by atoms with Crippen molar-refractivity contribution in [3.63, 3.8) is 0 Å². The average Bonchev–Trinajstić information content (AvgIpc) is 2.91. The van der Waals surface area contributed by atoms with E-state index in [1.165, 1.54) is 39.5 Å². The van der Waals surface area contributed by atoms with Gasteiger partial charge in [-0.25, -0.2) is 0 Å². The van der Waals surface area contributed by atoms with Crippen molar-refractivity contribution >= 4 is 17.3 Å². The van der Waals surface area contributed by atoms with E-state index < -0.39 is 0 Å². The highest BCUT2D eigenvalue weighted by atomic mass is 32.2. The number of hydrogen-bond acceptors (Lipinski definition) is 2. The molecule has 0 amide bonds. The highest BCUT2D eigenvalue weighted by Crippen LogP contribution is 2.47. The van der Waals surface area contributed by atoms with Crippen molar-refractivity contribution in [1.29, 1.82) is 0 Å². The van der Waals surface area contributed by atoms with Crippen molar-refractivity contribution in [2.24, 2.45) is 0 Å². The fraction of sp³-hybridized carbons (Fsp3) is 0.222. The van der Waals surface area contributed by atoms with Crippen molar-refractivity contribution in [3.05, 3.63) is 65.2 Å². The van der Waals surface area contributed by atoms with E-state index in [1.807, 2.05) is 11.8 Å². The first-order valence-electron chi connectivity index (χ1n) is 7.10. The van der Waals surface area contributed by atoms with Crippen LogP contribution >= 0.6 is 11.8 Å². The smallest absolute Gasteiger partial charge is 0.0201 e. The molecule has 2 aromatic rings. The van der Waals surface area contributed by atoms with Gasteiger partial charge in [0.25, 0.3) is 0 Å². The largest absolute Gasteiger partial charge is 0.302 e. The van der Waals surface area contributed by atoms with Crippen molar-refractivity contribution in [2.45, 2.75) is 16.2 Å². The normalized spacial score (nSPS) is 18.1. The monoisotopic (exact) mass is 279 g/mol. The molecule has 0 atom stereocenters. The molecule has 2 heteroatoms. The van der Waals surface area contributed by atoms with Crippen LogP contribution in [0.25, 0.3) is 5.57 Å². The zero-order valence-electron chi connectivity index (χ0n) is 11.6. The quantitative estimate of drug-likeness (QED) is 0.604. The van der Waals surface area contributed by atoms with Gasteiger partial charge in [0.2, 0.25) is 0 Å². The highest BCUT2D eigenvalue weighted by molar-refractivity contribution is 7.99. The molecule has 2 aliphatic rings. The van der Waals surface area contributed by atoms with Gasteiger partial charge in [0, 0.05) is 22.9 Å². The Morgan fingerprint density at radius 2 is 1.50 bits per heavy atom. The molecule has 100 valence electrons. The van der Waals surface area contributed by atoms with Crippen LogP contribution < -0.4 is 0 Å². The summed E-state index contributed by atoms with van der Waals surface area (Å²) in [6.45, 7) is 2.28. The van der Waals surface area contributed by atoms with E-state index >= 15 is 0 Å². The average molecular weight is 279 g/mol. The van der Waals surface area contributed by atoms with E-state index in [1.54, 1.807) is 5.57 Å². The summed E-state index contributed by atoms with van der Waals surface area (Å²) in [5, 5.41) is 0. The Balaban J connectivity index is 1.98. The van der Waals surface area contributed by atoms with Crippen LogP contribution in [0.3, 0.4) is 0 Å². The molecular formula is C18H17NS. The SMILES string of the molecule is CN1CCC(=C2c3ccccc3Sc3ccccc32)C1. The molecule has 20 heavy (non-hydrogen) atoms. The van der Waals surface area contributed by atoms with Gasteiger partial charge in [0.1, 0.15) is 0 Å². The Bertz CT molecular complexity index is 655. The summed E-state index contributed by atoms with van der Waals surface area (Å²) < 4.78 is 0. The van der Waals surface area contributed by atoms with Crippen molar-refractivity contribution < 1.29 is 0 Å². The van der Waals surface area contributed by atoms with E-state index in [2.05, 4.69) is 60.5 Å². The number of rotatable bonds is 0. The molecule has 2 aliphatic heterocycles. The second kappa shape index (κ2) is 4.80. The van der Waals surface area contributed by atoms with Crippen LogP contribution in [-0.4, -0.2) is 25.0 Å². The van der Waals surface area contributed by atoms with E-state index in [4.69, 9.17) is 0 Å². The molecule has 1 fully saturated rings. The number of likely N-dealkylation sites (tertiary alicyclic amines) is 1. The molecule has 2 heterocycles. The van der Waals surface area contributed by atoms with Gasteiger partial charge >= 0.3 is 0 Å². The Kier molecular flexibility index (Phi) is 2.94. The lowest BCUT2D eigenvalue weighted by molar-refractivity contribution is 0.425. The second-order valence-corrected chi connectivity index (χ2v) is 6.64. The van der Waals surface area contributed by atoms with Gasteiger partial charge in [0.05, 0.1) is 0 Å². The zero-order valence-corrected chi connectivity index (χ0v) is 12.4. The molecule has 1 saturated heterocycles. The molecule has 1 nitrogen and oxygen atoms in total.